The van der Waals surface area contributed by atoms with Crippen LogP contribution in [0, 0.1) is 0 Å². The van der Waals surface area contributed by atoms with Gasteiger partial charge in [0.25, 0.3) is 0 Å². The molecule has 0 aliphatic rings. The van der Waals surface area contributed by atoms with E-state index < -0.39 is 20.7 Å². The SMILES string of the molecule is CCOP(=O)(OCC)C(Nc1ncc(Br)cn1)P(=O)(OCC)OCC. The Kier molecular flexibility index (Phi) is 9.74. The van der Waals surface area contributed by atoms with Gasteiger partial charge in [0, 0.05) is 12.4 Å². The molecule has 1 rings (SSSR count). The molecule has 0 amide bonds. The van der Waals surface area contributed by atoms with Crippen LogP contribution in [0.25, 0.3) is 0 Å². The second kappa shape index (κ2) is 10.7. The molecule has 144 valence electrons. The maximum absolute atomic E-state index is 13.3. The summed E-state index contributed by atoms with van der Waals surface area (Å²) in [6.07, 6.45) is 2.98. The average molecular weight is 460 g/mol. The van der Waals surface area contributed by atoms with E-state index in [-0.39, 0.29) is 32.4 Å². The van der Waals surface area contributed by atoms with Gasteiger partial charge < -0.3 is 23.4 Å². The number of hydrogen-bond donors (Lipinski definition) is 1. The molecule has 0 atom stereocenters. The number of nitrogens with one attached hydrogen (secondary N) is 1. The van der Waals surface area contributed by atoms with Crippen LogP contribution in [-0.4, -0.2) is 41.9 Å². The number of nitrogens with zero attached hydrogens (tertiary/aromatic N) is 2. The molecule has 25 heavy (non-hydrogen) atoms. The molecule has 0 spiro atoms. The van der Waals surface area contributed by atoms with E-state index in [1.54, 1.807) is 27.7 Å². The lowest BCUT2D eigenvalue weighted by atomic mass is 10.7. The van der Waals surface area contributed by atoms with E-state index >= 15 is 0 Å². The quantitative estimate of drug-likeness (QED) is 0.452. The van der Waals surface area contributed by atoms with Crippen molar-refractivity contribution < 1.29 is 27.2 Å². The van der Waals surface area contributed by atoms with Gasteiger partial charge in [0.2, 0.25) is 11.5 Å². The molecule has 0 saturated carbocycles. The number of aromatic nitrogens is 2. The Balaban J connectivity index is 3.34. The van der Waals surface area contributed by atoms with Crippen molar-refractivity contribution in [3.63, 3.8) is 0 Å². The van der Waals surface area contributed by atoms with Gasteiger partial charge in [-0.05, 0) is 43.6 Å². The molecule has 9 nitrogen and oxygen atoms in total. The van der Waals surface area contributed by atoms with Crippen molar-refractivity contribution in [3.8, 4) is 0 Å². The molecular weight excluding hydrogens is 436 g/mol. The van der Waals surface area contributed by atoms with E-state index in [2.05, 4.69) is 31.2 Å². The van der Waals surface area contributed by atoms with Crippen molar-refractivity contribution in [2.45, 2.75) is 33.2 Å². The summed E-state index contributed by atoms with van der Waals surface area (Å²) in [6.45, 7) is 7.00. The lowest BCUT2D eigenvalue weighted by Gasteiger charge is -2.31. The fraction of sp³-hybridized carbons (Fsp3) is 0.692. The Morgan fingerprint density at radius 3 is 1.60 bits per heavy atom. The van der Waals surface area contributed by atoms with Gasteiger partial charge in [-0.25, -0.2) is 9.97 Å². The summed E-state index contributed by atoms with van der Waals surface area (Å²) >= 11 is 3.23. The first kappa shape index (κ1) is 22.7. The number of halogens is 1. The van der Waals surface area contributed by atoms with Crippen LogP contribution in [0.3, 0.4) is 0 Å². The fourth-order valence-electron chi connectivity index (χ4n) is 1.91. The van der Waals surface area contributed by atoms with Gasteiger partial charge in [-0.15, -0.1) is 0 Å². The maximum Gasteiger partial charge on any atom is 0.365 e. The Hall–Kier alpha value is -0.340. The lowest BCUT2D eigenvalue weighted by molar-refractivity contribution is 0.198. The Morgan fingerprint density at radius 2 is 1.28 bits per heavy atom. The third-order valence-electron chi connectivity index (χ3n) is 2.71. The predicted molar refractivity (Wildman–Crippen MR) is 98.9 cm³/mol. The normalized spacial score (nSPS) is 12.6. The van der Waals surface area contributed by atoms with Gasteiger partial charge in [0.05, 0.1) is 30.9 Å². The topological polar surface area (TPSA) is 109 Å². The molecule has 1 N–H and O–H groups in total. The Bertz CT molecular complexity index is 568. The minimum absolute atomic E-state index is 0.0902. The fourth-order valence-corrected chi connectivity index (χ4v) is 7.00. The zero-order chi connectivity index (χ0) is 18.9. The molecule has 0 unspecified atom stereocenters. The smallest absolute Gasteiger partial charge is 0.330 e. The molecule has 0 aromatic carbocycles. The highest BCUT2D eigenvalue weighted by Crippen LogP contribution is 2.69. The molecule has 0 saturated heterocycles. The van der Waals surface area contributed by atoms with Crippen molar-refractivity contribution in [3.05, 3.63) is 16.9 Å². The minimum Gasteiger partial charge on any atom is -0.330 e. The second-order valence-electron chi connectivity index (χ2n) is 4.49. The summed E-state index contributed by atoms with van der Waals surface area (Å²) in [5, 5.41) is 2.76. The molecule has 1 aromatic heterocycles. The van der Waals surface area contributed by atoms with Crippen molar-refractivity contribution >= 4 is 37.1 Å². The van der Waals surface area contributed by atoms with Crippen LogP contribution in [-0.2, 0) is 27.2 Å². The molecule has 1 heterocycles. The van der Waals surface area contributed by atoms with Crippen molar-refractivity contribution in [1.29, 1.82) is 0 Å². The highest BCUT2D eigenvalue weighted by atomic mass is 79.9. The molecule has 0 aliphatic heterocycles. The maximum atomic E-state index is 13.3. The van der Waals surface area contributed by atoms with E-state index in [0.29, 0.717) is 4.47 Å². The first-order valence-corrected chi connectivity index (χ1v) is 11.9. The van der Waals surface area contributed by atoms with Crippen LogP contribution in [0.1, 0.15) is 27.7 Å². The highest BCUT2D eigenvalue weighted by Gasteiger charge is 2.51. The minimum atomic E-state index is -3.90. The van der Waals surface area contributed by atoms with Crippen LogP contribution < -0.4 is 5.32 Å². The van der Waals surface area contributed by atoms with Crippen molar-refractivity contribution in [2.24, 2.45) is 0 Å². The summed E-state index contributed by atoms with van der Waals surface area (Å²) in [5.74, 6) is 0.0902. The first-order chi connectivity index (χ1) is 11.8. The Morgan fingerprint density at radius 1 is 0.920 bits per heavy atom. The van der Waals surface area contributed by atoms with Gasteiger partial charge in [-0.1, -0.05) is 0 Å². The second-order valence-corrected chi connectivity index (χ2v) is 10.0. The monoisotopic (exact) mass is 459 g/mol. The molecule has 0 radical (unpaired) electrons. The standard InChI is InChI=1S/C13H24BrN3O6P2/c1-5-20-24(18,21-6-2)13(25(19,22-7-3)23-8-4)17-12-15-9-11(14)10-16-12/h9-10,13H,5-8H2,1-4H3,(H,15,16,17). The average Bonchev–Trinajstić information content (AvgIpc) is 2.55. The molecule has 0 fully saturated rings. The summed E-state index contributed by atoms with van der Waals surface area (Å²) in [7, 11) is -7.81. The van der Waals surface area contributed by atoms with Crippen LogP contribution in [0.15, 0.2) is 16.9 Å². The summed E-state index contributed by atoms with van der Waals surface area (Å²) in [6, 6.07) is 0. The number of rotatable bonds is 12. The van der Waals surface area contributed by atoms with E-state index in [9.17, 15) is 9.13 Å². The van der Waals surface area contributed by atoms with Crippen LogP contribution in [0.4, 0.5) is 5.95 Å². The zero-order valence-electron chi connectivity index (χ0n) is 14.7. The molecule has 12 heteroatoms. The molecular formula is C13H24BrN3O6P2. The van der Waals surface area contributed by atoms with E-state index in [1.165, 1.54) is 12.4 Å². The van der Waals surface area contributed by atoms with Gasteiger partial charge in [-0.2, -0.15) is 0 Å². The predicted octanol–water partition coefficient (Wildman–Crippen LogP) is 4.47. The van der Waals surface area contributed by atoms with E-state index in [4.69, 9.17) is 18.1 Å². The van der Waals surface area contributed by atoms with E-state index in [1.807, 2.05) is 0 Å². The van der Waals surface area contributed by atoms with Gasteiger partial charge in [-0.3, -0.25) is 9.13 Å². The summed E-state index contributed by atoms with van der Waals surface area (Å²) < 4.78 is 48.6. The number of hydrogen-bond acceptors (Lipinski definition) is 9. The third-order valence-corrected chi connectivity index (χ3v) is 8.75. The largest absolute Gasteiger partial charge is 0.365 e. The van der Waals surface area contributed by atoms with Crippen LogP contribution >= 0.6 is 31.1 Å². The number of anilines is 1. The molecule has 0 bridgehead atoms. The Labute approximate surface area is 156 Å². The van der Waals surface area contributed by atoms with Gasteiger partial charge >= 0.3 is 15.2 Å². The first-order valence-electron chi connectivity index (χ1n) is 7.86. The highest BCUT2D eigenvalue weighted by molar-refractivity contribution is 9.10. The van der Waals surface area contributed by atoms with Gasteiger partial charge in [0.15, 0.2) is 0 Å². The van der Waals surface area contributed by atoms with E-state index in [0.717, 1.165) is 0 Å². The van der Waals surface area contributed by atoms with Crippen LogP contribution in [0.2, 0.25) is 0 Å². The van der Waals surface area contributed by atoms with Crippen molar-refractivity contribution in [2.75, 3.05) is 31.7 Å². The van der Waals surface area contributed by atoms with Crippen LogP contribution in [0.5, 0.6) is 0 Å². The lowest BCUT2D eigenvalue weighted by Crippen LogP contribution is -2.26. The van der Waals surface area contributed by atoms with Gasteiger partial charge in [0.1, 0.15) is 0 Å². The summed E-state index contributed by atoms with van der Waals surface area (Å²) in [5.41, 5.74) is -1.40. The summed E-state index contributed by atoms with van der Waals surface area (Å²) in [4.78, 5) is 8.10. The third kappa shape index (κ3) is 6.40. The zero-order valence-corrected chi connectivity index (χ0v) is 18.1. The molecule has 0 aliphatic carbocycles. The molecule has 1 aromatic rings. The van der Waals surface area contributed by atoms with Crippen molar-refractivity contribution in [1.82, 2.24) is 9.97 Å².